The SMILES string of the molecule is CCOC(=O)c1ccc(NC(=O)/C(C#N)=C\NC(C)C)cc1. The number of hydrogen-bond donors (Lipinski definition) is 2. The van der Waals surface area contributed by atoms with E-state index in [0.29, 0.717) is 17.9 Å². The molecule has 22 heavy (non-hydrogen) atoms. The molecule has 0 fully saturated rings. The van der Waals surface area contributed by atoms with Crippen molar-refractivity contribution in [2.45, 2.75) is 26.8 Å². The number of benzene rings is 1. The highest BCUT2D eigenvalue weighted by molar-refractivity contribution is 6.06. The highest BCUT2D eigenvalue weighted by Crippen LogP contribution is 2.11. The van der Waals surface area contributed by atoms with Gasteiger partial charge in [0.2, 0.25) is 0 Å². The van der Waals surface area contributed by atoms with Crippen molar-refractivity contribution in [1.29, 1.82) is 5.26 Å². The van der Waals surface area contributed by atoms with Crippen molar-refractivity contribution in [3.05, 3.63) is 41.6 Å². The lowest BCUT2D eigenvalue weighted by Gasteiger charge is -2.07. The van der Waals surface area contributed by atoms with Crippen LogP contribution in [0.4, 0.5) is 5.69 Å². The summed E-state index contributed by atoms with van der Waals surface area (Å²) in [5, 5.41) is 14.5. The van der Waals surface area contributed by atoms with Gasteiger partial charge in [0.25, 0.3) is 5.91 Å². The van der Waals surface area contributed by atoms with E-state index in [4.69, 9.17) is 10.00 Å². The fourth-order valence-electron chi connectivity index (χ4n) is 1.50. The maximum Gasteiger partial charge on any atom is 0.338 e. The molecule has 0 aliphatic carbocycles. The Balaban J connectivity index is 2.74. The number of nitrogens with one attached hydrogen (secondary N) is 2. The molecule has 0 unspecified atom stereocenters. The molecule has 116 valence electrons. The van der Waals surface area contributed by atoms with Gasteiger partial charge in [-0.3, -0.25) is 4.79 Å². The fraction of sp³-hybridized carbons (Fsp3) is 0.312. The van der Waals surface area contributed by atoms with E-state index in [2.05, 4.69) is 10.6 Å². The Morgan fingerprint density at radius 3 is 2.45 bits per heavy atom. The molecule has 0 bridgehead atoms. The summed E-state index contributed by atoms with van der Waals surface area (Å²) in [5.74, 6) is -0.932. The largest absolute Gasteiger partial charge is 0.462 e. The summed E-state index contributed by atoms with van der Waals surface area (Å²) in [6.07, 6.45) is 1.38. The van der Waals surface area contributed by atoms with Crippen LogP contribution >= 0.6 is 0 Å². The van der Waals surface area contributed by atoms with Crippen LogP contribution in [0.1, 0.15) is 31.1 Å². The van der Waals surface area contributed by atoms with Gasteiger partial charge < -0.3 is 15.4 Å². The summed E-state index contributed by atoms with van der Waals surface area (Å²) in [7, 11) is 0. The van der Waals surface area contributed by atoms with Crippen molar-refractivity contribution in [2.75, 3.05) is 11.9 Å². The molecule has 0 aromatic heterocycles. The van der Waals surface area contributed by atoms with Crippen molar-refractivity contribution in [1.82, 2.24) is 5.32 Å². The molecule has 0 atom stereocenters. The molecule has 1 amide bonds. The minimum absolute atomic E-state index is 0.0248. The summed E-state index contributed by atoms with van der Waals surface area (Å²) in [6, 6.07) is 8.22. The van der Waals surface area contributed by atoms with E-state index in [1.165, 1.54) is 6.20 Å². The number of esters is 1. The van der Waals surface area contributed by atoms with Gasteiger partial charge in [-0.25, -0.2) is 4.79 Å². The smallest absolute Gasteiger partial charge is 0.338 e. The summed E-state index contributed by atoms with van der Waals surface area (Å²) >= 11 is 0. The van der Waals surface area contributed by atoms with Gasteiger partial charge >= 0.3 is 5.97 Å². The van der Waals surface area contributed by atoms with Crippen LogP contribution in [0.2, 0.25) is 0 Å². The average Bonchev–Trinajstić information content (AvgIpc) is 2.48. The summed E-state index contributed by atoms with van der Waals surface area (Å²) in [6.45, 7) is 5.83. The van der Waals surface area contributed by atoms with E-state index >= 15 is 0 Å². The van der Waals surface area contributed by atoms with Crippen LogP contribution in [0.15, 0.2) is 36.0 Å². The number of nitriles is 1. The molecule has 0 heterocycles. The normalized spacial score (nSPS) is 10.8. The van der Waals surface area contributed by atoms with E-state index < -0.39 is 11.9 Å². The third-order valence-electron chi connectivity index (χ3n) is 2.58. The molecule has 1 aromatic rings. The van der Waals surface area contributed by atoms with Gasteiger partial charge in [0.15, 0.2) is 0 Å². The minimum atomic E-state index is -0.514. The topological polar surface area (TPSA) is 91.2 Å². The summed E-state index contributed by atoms with van der Waals surface area (Å²) in [4.78, 5) is 23.5. The molecular formula is C16H19N3O3. The zero-order valence-electron chi connectivity index (χ0n) is 12.8. The number of anilines is 1. The van der Waals surface area contributed by atoms with Gasteiger partial charge in [0.05, 0.1) is 12.2 Å². The van der Waals surface area contributed by atoms with Crippen molar-refractivity contribution >= 4 is 17.6 Å². The number of hydrogen-bond acceptors (Lipinski definition) is 5. The molecule has 6 nitrogen and oxygen atoms in total. The van der Waals surface area contributed by atoms with Crippen molar-refractivity contribution in [3.63, 3.8) is 0 Å². The standard InChI is InChI=1S/C16H19N3O3/c1-4-22-16(21)12-5-7-14(8-6-12)19-15(20)13(9-17)10-18-11(2)3/h5-8,10-11,18H,4H2,1-3H3,(H,19,20)/b13-10-. The van der Waals surface area contributed by atoms with E-state index in [1.807, 2.05) is 19.9 Å². The van der Waals surface area contributed by atoms with E-state index in [0.717, 1.165) is 0 Å². The fourth-order valence-corrected chi connectivity index (χ4v) is 1.50. The second-order valence-electron chi connectivity index (χ2n) is 4.74. The van der Waals surface area contributed by atoms with Crippen LogP contribution in [0, 0.1) is 11.3 Å². The Labute approximate surface area is 129 Å². The van der Waals surface area contributed by atoms with E-state index in [-0.39, 0.29) is 11.6 Å². The second-order valence-corrected chi connectivity index (χ2v) is 4.74. The van der Waals surface area contributed by atoms with Crippen LogP contribution < -0.4 is 10.6 Å². The zero-order chi connectivity index (χ0) is 16.5. The van der Waals surface area contributed by atoms with Gasteiger partial charge in [-0.1, -0.05) is 0 Å². The Hall–Kier alpha value is -2.81. The molecular weight excluding hydrogens is 282 g/mol. The maximum atomic E-state index is 11.9. The molecule has 0 saturated carbocycles. The monoisotopic (exact) mass is 301 g/mol. The first-order chi connectivity index (χ1) is 10.5. The summed E-state index contributed by atoms with van der Waals surface area (Å²) in [5.41, 5.74) is 0.865. The Kier molecular flexibility index (Phi) is 6.64. The number of nitrogens with zero attached hydrogens (tertiary/aromatic N) is 1. The van der Waals surface area contributed by atoms with Crippen LogP contribution in [-0.4, -0.2) is 24.5 Å². The molecule has 0 aliphatic heterocycles. The molecule has 0 radical (unpaired) electrons. The van der Waals surface area contributed by atoms with Crippen molar-refractivity contribution in [3.8, 4) is 6.07 Å². The lowest BCUT2D eigenvalue weighted by Crippen LogP contribution is -2.20. The Bertz CT molecular complexity index is 598. The number of ether oxygens (including phenoxy) is 1. The first-order valence-corrected chi connectivity index (χ1v) is 6.92. The second kappa shape index (κ2) is 8.47. The van der Waals surface area contributed by atoms with Crippen LogP contribution in [0.3, 0.4) is 0 Å². The first kappa shape index (κ1) is 17.2. The van der Waals surface area contributed by atoms with Crippen LogP contribution in [0.25, 0.3) is 0 Å². The Morgan fingerprint density at radius 1 is 1.32 bits per heavy atom. The zero-order valence-corrected chi connectivity index (χ0v) is 12.8. The quantitative estimate of drug-likeness (QED) is 0.477. The van der Waals surface area contributed by atoms with Crippen molar-refractivity contribution in [2.24, 2.45) is 0 Å². The molecule has 1 rings (SSSR count). The average molecular weight is 301 g/mol. The third-order valence-corrected chi connectivity index (χ3v) is 2.58. The molecule has 0 spiro atoms. The molecule has 6 heteroatoms. The van der Waals surface area contributed by atoms with E-state index in [9.17, 15) is 9.59 Å². The number of rotatable bonds is 6. The molecule has 1 aromatic carbocycles. The molecule has 0 aliphatic rings. The molecule has 0 saturated heterocycles. The van der Waals surface area contributed by atoms with Gasteiger partial charge in [-0.2, -0.15) is 5.26 Å². The lowest BCUT2D eigenvalue weighted by atomic mass is 10.2. The van der Waals surface area contributed by atoms with Crippen LogP contribution in [0.5, 0.6) is 0 Å². The predicted octanol–water partition coefficient (Wildman–Crippen LogP) is 2.21. The third kappa shape index (κ3) is 5.29. The number of amides is 1. The first-order valence-electron chi connectivity index (χ1n) is 6.92. The van der Waals surface area contributed by atoms with Gasteiger partial charge in [-0.15, -0.1) is 0 Å². The predicted molar refractivity (Wildman–Crippen MR) is 83.0 cm³/mol. The van der Waals surface area contributed by atoms with Gasteiger partial charge in [0, 0.05) is 17.9 Å². The van der Waals surface area contributed by atoms with E-state index in [1.54, 1.807) is 31.2 Å². The highest BCUT2D eigenvalue weighted by atomic mass is 16.5. The number of carbonyl (C=O) groups excluding carboxylic acids is 2. The highest BCUT2D eigenvalue weighted by Gasteiger charge is 2.10. The maximum absolute atomic E-state index is 11.9. The number of carbonyl (C=O) groups is 2. The minimum Gasteiger partial charge on any atom is -0.462 e. The van der Waals surface area contributed by atoms with Gasteiger partial charge in [0.1, 0.15) is 11.6 Å². The lowest BCUT2D eigenvalue weighted by molar-refractivity contribution is -0.112. The van der Waals surface area contributed by atoms with Gasteiger partial charge in [-0.05, 0) is 45.0 Å². The summed E-state index contributed by atoms with van der Waals surface area (Å²) < 4.78 is 4.87. The Morgan fingerprint density at radius 2 is 1.95 bits per heavy atom. The van der Waals surface area contributed by atoms with Crippen LogP contribution in [-0.2, 0) is 9.53 Å². The molecule has 2 N–H and O–H groups in total. The van der Waals surface area contributed by atoms with Crippen molar-refractivity contribution < 1.29 is 14.3 Å².